The first-order valence-corrected chi connectivity index (χ1v) is 6.96. The van der Waals surface area contributed by atoms with E-state index in [1.54, 1.807) is 12.3 Å². The van der Waals surface area contributed by atoms with Gasteiger partial charge in [0.05, 0.1) is 4.92 Å². The fourth-order valence-corrected chi connectivity index (χ4v) is 2.76. The fraction of sp³-hybridized carbons (Fsp3) is 0.615. The van der Waals surface area contributed by atoms with Gasteiger partial charge in [-0.05, 0) is 12.5 Å². The monoisotopic (exact) mass is 277 g/mol. The second-order valence-electron chi connectivity index (χ2n) is 5.45. The van der Waals surface area contributed by atoms with Crippen molar-refractivity contribution in [3.8, 4) is 0 Å². The lowest BCUT2D eigenvalue weighted by Gasteiger charge is -2.43. The van der Waals surface area contributed by atoms with Gasteiger partial charge in [-0.2, -0.15) is 0 Å². The van der Waals surface area contributed by atoms with Gasteiger partial charge in [0.25, 0.3) is 0 Å². The highest BCUT2D eigenvalue weighted by molar-refractivity contribution is 5.58. The number of aryl methyl sites for hydroxylation is 1. The summed E-state index contributed by atoms with van der Waals surface area (Å²) in [6.45, 7) is 7.43. The number of nitrogens with zero attached hydrogens (tertiary/aromatic N) is 4. The molecule has 0 unspecified atom stereocenters. The molecule has 0 saturated carbocycles. The average Bonchev–Trinajstić information content (AvgIpc) is 2.38. The van der Waals surface area contributed by atoms with E-state index in [0.29, 0.717) is 11.9 Å². The molecule has 1 N–H and O–H groups in total. The average molecular weight is 277 g/mol. The first-order valence-electron chi connectivity index (χ1n) is 6.96. The molecule has 0 amide bonds. The van der Waals surface area contributed by atoms with Gasteiger partial charge in [-0.25, -0.2) is 4.98 Å². The molecule has 7 heteroatoms. The van der Waals surface area contributed by atoms with Gasteiger partial charge in [0.1, 0.15) is 0 Å². The number of nitro groups is 1. The van der Waals surface area contributed by atoms with E-state index in [9.17, 15) is 10.1 Å². The predicted octanol–water partition coefficient (Wildman–Crippen LogP) is 0.392. The fourth-order valence-electron chi connectivity index (χ4n) is 2.76. The van der Waals surface area contributed by atoms with Gasteiger partial charge in [0, 0.05) is 57.6 Å². The SMILES string of the molecule is Cc1cnc(N2CCN(C3CNC3)CC2)c([N+](=O)[O-])c1. The quantitative estimate of drug-likeness (QED) is 0.636. The zero-order chi connectivity index (χ0) is 14.1. The molecule has 1 aromatic rings. The van der Waals surface area contributed by atoms with Crippen LogP contribution in [0.4, 0.5) is 11.5 Å². The summed E-state index contributed by atoms with van der Waals surface area (Å²) < 4.78 is 0. The van der Waals surface area contributed by atoms with Gasteiger partial charge in [-0.1, -0.05) is 0 Å². The topological polar surface area (TPSA) is 74.5 Å². The Kier molecular flexibility index (Phi) is 3.54. The molecular formula is C13H19N5O2. The van der Waals surface area contributed by atoms with Crippen molar-refractivity contribution in [2.75, 3.05) is 44.2 Å². The number of hydrogen-bond donors (Lipinski definition) is 1. The number of piperazine rings is 1. The lowest BCUT2D eigenvalue weighted by molar-refractivity contribution is -0.384. The van der Waals surface area contributed by atoms with Crippen molar-refractivity contribution in [2.45, 2.75) is 13.0 Å². The standard InChI is InChI=1S/C13H19N5O2/c1-10-6-12(18(19)20)13(15-7-10)17-4-2-16(3-5-17)11-8-14-9-11/h6-7,11,14H,2-5,8-9H2,1H3. The maximum atomic E-state index is 11.2. The van der Waals surface area contributed by atoms with Crippen molar-refractivity contribution in [2.24, 2.45) is 0 Å². The van der Waals surface area contributed by atoms with Gasteiger partial charge in [0.15, 0.2) is 0 Å². The summed E-state index contributed by atoms with van der Waals surface area (Å²) in [4.78, 5) is 19.6. The number of aromatic nitrogens is 1. The molecule has 1 aromatic heterocycles. The summed E-state index contributed by atoms with van der Waals surface area (Å²) in [5, 5.41) is 14.4. The van der Waals surface area contributed by atoms with Crippen molar-refractivity contribution >= 4 is 11.5 Å². The molecule has 2 aliphatic heterocycles. The zero-order valence-electron chi connectivity index (χ0n) is 11.6. The minimum atomic E-state index is -0.336. The third-order valence-electron chi connectivity index (χ3n) is 4.07. The summed E-state index contributed by atoms with van der Waals surface area (Å²) >= 11 is 0. The molecule has 0 aromatic carbocycles. The normalized spacial score (nSPS) is 20.8. The van der Waals surface area contributed by atoms with E-state index in [0.717, 1.165) is 44.8 Å². The predicted molar refractivity (Wildman–Crippen MR) is 76.1 cm³/mol. The molecule has 2 aliphatic rings. The van der Waals surface area contributed by atoms with Crippen LogP contribution in [0.1, 0.15) is 5.56 Å². The summed E-state index contributed by atoms with van der Waals surface area (Å²) in [5.74, 6) is 0.506. The van der Waals surface area contributed by atoms with Gasteiger partial charge in [-0.3, -0.25) is 15.0 Å². The van der Waals surface area contributed by atoms with Crippen LogP contribution >= 0.6 is 0 Å². The summed E-state index contributed by atoms with van der Waals surface area (Å²) in [6.07, 6.45) is 1.70. The van der Waals surface area contributed by atoms with Crippen LogP contribution in [0.2, 0.25) is 0 Å². The Bertz CT molecular complexity index is 509. The van der Waals surface area contributed by atoms with E-state index < -0.39 is 0 Å². The van der Waals surface area contributed by atoms with E-state index in [1.807, 2.05) is 11.8 Å². The van der Waals surface area contributed by atoms with Crippen molar-refractivity contribution < 1.29 is 4.92 Å². The minimum absolute atomic E-state index is 0.115. The second kappa shape index (κ2) is 5.34. The van der Waals surface area contributed by atoms with Gasteiger partial charge in [-0.15, -0.1) is 0 Å². The minimum Gasteiger partial charge on any atom is -0.348 e. The Morgan fingerprint density at radius 2 is 2.05 bits per heavy atom. The zero-order valence-corrected chi connectivity index (χ0v) is 11.6. The van der Waals surface area contributed by atoms with Crippen LogP contribution in [0.5, 0.6) is 0 Å². The molecule has 2 saturated heterocycles. The third-order valence-corrected chi connectivity index (χ3v) is 4.07. The number of pyridine rings is 1. The van der Waals surface area contributed by atoms with E-state index in [1.165, 1.54) is 0 Å². The van der Waals surface area contributed by atoms with Crippen LogP contribution in [-0.2, 0) is 0 Å². The van der Waals surface area contributed by atoms with Crippen LogP contribution in [0.25, 0.3) is 0 Å². The molecule has 20 heavy (non-hydrogen) atoms. The van der Waals surface area contributed by atoms with Crippen LogP contribution < -0.4 is 10.2 Å². The third kappa shape index (κ3) is 2.46. The van der Waals surface area contributed by atoms with Gasteiger partial charge >= 0.3 is 5.69 Å². The lowest BCUT2D eigenvalue weighted by atomic mass is 10.1. The number of anilines is 1. The summed E-state index contributed by atoms with van der Waals surface area (Å²) in [7, 11) is 0. The Morgan fingerprint density at radius 3 is 2.60 bits per heavy atom. The van der Waals surface area contributed by atoms with Gasteiger partial charge < -0.3 is 10.2 Å². The maximum absolute atomic E-state index is 11.2. The molecule has 3 heterocycles. The molecule has 0 aliphatic carbocycles. The maximum Gasteiger partial charge on any atom is 0.311 e. The second-order valence-corrected chi connectivity index (χ2v) is 5.45. The highest BCUT2D eigenvalue weighted by Gasteiger charge is 2.30. The first kappa shape index (κ1) is 13.3. The Hall–Kier alpha value is -1.73. The van der Waals surface area contributed by atoms with Crippen LogP contribution in [0.3, 0.4) is 0 Å². The molecule has 0 radical (unpaired) electrons. The van der Waals surface area contributed by atoms with E-state index in [-0.39, 0.29) is 10.6 Å². The van der Waals surface area contributed by atoms with E-state index in [2.05, 4.69) is 15.2 Å². The largest absolute Gasteiger partial charge is 0.348 e. The molecule has 0 bridgehead atoms. The number of rotatable bonds is 3. The summed E-state index contributed by atoms with van der Waals surface area (Å²) in [5.41, 5.74) is 0.934. The van der Waals surface area contributed by atoms with Crippen molar-refractivity contribution in [3.05, 3.63) is 27.9 Å². The molecule has 2 fully saturated rings. The molecule has 7 nitrogen and oxygen atoms in total. The number of hydrogen-bond acceptors (Lipinski definition) is 6. The molecule has 3 rings (SSSR count). The molecule has 0 spiro atoms. The lowest BCUT2D eigenvalue weighted by Crippen LogP contribution is -2.61. The van der Waals surface area contributed by atoms with E-state index in [4.69, 9.17) is 0 Å². The van der Waals surface area contributed by atoms with Crippen LogP contribution in [-0.4, -0.2) is 60.1 Å². The van der Waals surface area contributed by atoms with E-state index >= 15 is 0 Å². The Balaban J connectivity index is 1.72. The first-order chi connectivity index (χ1) is 9.65. The molecule has 0 atom stereocenters. The van der Waals surface area contributed by atoms with Gasteiger partial charge in [0.2, 0.25) is 5.82 Å². The van der Waals surface area contributed by atoms with Crippen molar-refractivity contribution in [1.82, 2.24) is 15.2 Å². The highest BCUT2D eigenvalue weighted by atomic mass is 16.6. The Labute approximate surface area is 117 Å². The number of nitrogens with one attached hydrogen (secondary N) is 1. The Morgan fingerprint density at radius 1 is 1.35 bits per heavy atom. The molecule has 108 valence electrons. The smallest absolute Gasteiger partial charge is 0.311 e. The van der Waals surface area contributed by atoms with Crippen molar-refractivity contribution in [3.63, 3.8) is 0 Å². The summed E-state index contributed by atoms with van der Waals surface area (Å²) in [6, 6.07) is 2.24. The molecular weight excluding hydrogens is 258 g/mol. The van der Waals surface area contributed by atoms with Crippen molar-refractivity contribution in [1.29, 1.82) is 0 Å². The highest BCUT2D eigenvalue weighted by Crippen LogP contribution is 2.27. The van der Waals surface area contributed by atoms with Crippen LogP contribution in [0.15, 0.2) is 12.3 Å². The van der Waals surface area contributed by atoms with Crippen LogP contribution in [0, 0.1) is 17.0 Å².